The number of anilines is 1. The Morgan fingerprint density at radius 2 is 2.11 bits per heavy atom. The first-order chi connectivity index (χ1) is 13.3. The summed E-state index contributed by atoms with van der Waals surface area (Å²) in [6.45, 7) is 8.83. The van der Waals surface area contributed by atoms with Gasteiger partial charge in [-0.05, 0) is 31.9 Å². The second-order valence-corrected chi connectivity index (χ2v) is 6.87. The average molecular weight is 378 g/mol. The van der Waals surface area contributed by atoms with Crippen LogP contribution < -0.4 is 10.2 Å². The smallest absolute Gasteiger partial charge is 0.194 e. The number of halogens is 1. The molecule has 7 heteroatoms. The first kappa shape index (κ1) is 19.9. The van der Waals surface area contributed by atoms with Crippen LogP contribution in [0.3, 0.4) is 0 Å². The Hall–Kier alpha value is -1.86. The summed E-state index contributed by atoms with van der Waals surface area (Å²) in [5.74, 6) is 0.751. The second-order valence-electron chi connectivity index (χ2n) is 6.87. The molecule has 2 fully saturated rings. The van der Waals surface area contributed by atoms with E-state index in [-0.39, 0.29) is 11.9 Å². The fraction of sp³-hybridized carbons (Fsp3) is 0.650. The van der Waals surface area contributed by atoms with Crippen molar-refractivity contribution in [1.82, 2.24) is 10.2 Å². The van der Waals surface area contributed by atoms with E-state index in [1.807, 2.05) is 12.1 Å². The Morgan fingerprint density at radius 3 is 2.81 bits per heavy atom. The van der Waals surface area contributed by atoms with Crippen molar-refractivity contribution < 1.29 is 13.9 Å². The number of hydrogen-bond acceptors (Lipinski definition) is 4. The molecule has 0 amide bonds. The lowest BCUT2D eigenvalue weighted by Crippen LogP contribution is -2.52. The molecule has 2 aliphatic heterocycles. The van der Waals surface area contributed by atoms with Crippen LogP contribution in [0.25, 0.3) is 0 Å². The van der Waals surface area contributed by atoms with Crippen LogP contribution >= 0.6 is 0 Å². The first-order valence-electron chi connectivity index (χ1n) is 10.00. The molecule has 27 heavy (non-hydrogen) atoms. The average Bonchev–Trinajstić information content (AvgIpc) is 3.21. The van der Waals surface area contributed by atoms with Crippen LogP contribution in [0, 0.1) is 5.82 Å². The lowest BCUT2D eigenvalue weighted by Gasteiger charge is -2.37. The number of aliphatic imine (C=N–C) groups is 1. The molecule has 3 rings (SSSR count). The van der Waals surface area contributed by atoms with E-state index in [1.54, 1.807) is 6.07 Å². The minimum absolute atomic E-state index is 0.157. The van der Waals surface area contributed by atoms with E-state index in [4.69, 9.17) is 9.47 Å². The van der Waals surface area contributed by atoms with E-state index in [0.717, 1.165) is 58.1 Å². The molecule has 2 saturated heterocycles. The van der Waals surface area contributed by atoms with Gasteiger partial charge in [0, 0.05) is 39.3 Å². The van der Waals surface area contributed by atoms with Gasteiger partial charge in [-0.25, -0.2) is 4.39 Å². The minimum atomic E-state index is -0.157. The number of guanidine groups is 1. The second kappa shape index (κ2) is 10.5. The quantitative estimate of drug-likeness (QED) is 0.447. The van der Waals surface area contributed by atoms with Crippen molar-refractivity contribution in [2.75, 3.05) is 64.0 Å². The Balaban J connectivity index is 1.45. The highest BCUT2D eigenvalue weighted by atomic mass is 19.1. The van der Waals surface area contributed by atoms with Gasteiger partial charge in [0.05, 0.1) is 31.5 Å². The van der Waals surface area contributed by atoms with E-state index in [9.17, 15) is 4.39 Å². The molecular weight excluding hydrogens is 347 g/mol. The lowest BCUT2D eigenvalue weighted by molar-refractivity contribution is 0.0199. The number of hydrogen-bond donors (Lipinski definition) is 1. The summed E-state index contributed by atoms with van der Waals surface area (Å²) < 4.78 is 25.2. The summed E-state index contributed by atoms with van der Waals surface area (Å²) in [6.07, 6.45) is 2.49. The van der Waals surface area contributed by atoms with Gasteiger partial charge in [-0.15, -0.1) is 0 Å². The maximum absolute atomic E-state index is 14.0. The molecule has 6 nitrogen and oxygen atoms in total. The SMILES string of the molecule is CCNC(=NCCOCC1CCCO1)N1CCN(c2ccccc2F)CC1. The third-order valence-electron chi connectivity index (χ3n) is 4.93. The number of benzene rings is 1. The molecule has 0 saturated carbocycles. The molecule has 2 heterocycles. The number of para-hydroxylation sites is 1. The van der Waals surface area contributed by atoms with Gasteiger partial charge in [-0.2, -0.15) is 0 Å². The van der Waals surface area contributed by atoms with Gasteiger partial charge in [0.25, 0.3) is 0 Å². The van der Waals surface area contributed by atoms with Crippen LogP contribution in [0.4, 0.5) is 10.1 Å². The maximum atomic E-state index is 14.0. The molecule has 0 spiro atoms. The zero-order chi connectivity index (χ0) is 18.9. The van der Waals surface area contributed by atoms with Crippen molar-refractivity contribution in [3.05, 3.63) is 30.1 Å². The summed E-state index contributed by atoms with van der Waals surface area (Å²) in [4.78, 5) is 9.02. The van der Waals surface area contributed by atoms with Gasteiger partial charge in [0.15, 0.2) is 5.96 Å². The maximum Gasteiger partial charge on any atom is 0.194 e. The van der Waals surface area contributed by atoms with Crippen molar-refractivity contribution in [2.45, 2.75) is 25.9 Å². The molecule has 2 aliphatic rings. The van der Waals surface area contributed by atoms with E-state index in [0.29, 0.717) is 25.4 Å². The van der Waals surface area contributed by atoms with Crippen LogP contribution in [0.2, 0.25) is 0 Å². The summed E-state index contributed by atoms with van der Waals surface area (Å²) in [5, 5.41) is 3.35. The molecule has 0 aromatic heterocycles. The predicted octanol–water partition coefficient (Wildman–Crippen LogP) is 2.11. The van der Waals surface area contributed by atoms with Crippen LogP contribution in [0.15, 0.2) is 29.3 Å². The van der Waals surface area contributed by atoms with Crippen LogP contribution in [0.5, 0.6) is 0 Å². The molecule has 0 bridgehead atoms. The Labute approximate surface area is 161 Å². The summed E-state index contributed by atoms with van der Waals surface area (Å²) in [7, 11) is 0. The number of ether oxygens (including phenoxy) is 2. The molecule has 0 radical (unpaired) electrons. The number of nitrogens with one attached hydrogen (secondary N) is 1. The fourth-order valence-electron chi connectivity index (χ4n) is 3.50. The van der Waals surface area contributed by atoms with Crippen molar-refractivity contribution in [3.8, 4) is 0 Å². The van der Waals surface area contributed by atoms with Gasteiger partial charge in [0.2, 0.25) is 0 Å². The Bertz CT molecular complexity index is 599. The van der Waals surface area contributed by atoms with E-state index in [1.165, 1.54) is 6.07 Å². The van der Waals surface area contributed by atoms with Gasteiger partial charge in [-0.1, -0.05) is 12.1 Å². The van der Waals surface area contributed by atoms with Gasteiger partial charge in [-0.3, -0.25) is 4.99 Å². The standard InChI is InChI=1S/C20H31FN4O2/c1-2-22-20(23-9-15-26-16-17-6-5-14-27-17)25-12-10-24(11-13-25)19-8-4-3-7-18(19)21/h3-4,7-8,17H,2,5-6,9-16H2,1H3,(H,22,23). The van der Waals surface area contributed by atoms with E-state index in [2.05, 4.69) is 27.0 Å². The van der Waals surface area contributed by atoms with E-state index < -0.39 is 0 Å². The molecular formula is C20H31FN4O2. The lowest BCUT2D eigenvalue weighted by atomic mass is 10.2. The third kappa shape index (κ3) is 5.81. The number of rotatable bonds is 7. The summed E-state index contributed by atoms with van der Waals surface area (Å²) in [5.41, 5.74) is 0.682. The molecule has 1 N–H and O–H groups in total. The Morgan fingerprint density at radius 1 is 1.30 bits per heavy atom. The molecule has 0 aliphatic carbocycles. The molecule has 150 valence electrons. The molecule has 1 aromatic carbocycles. The first-order valence-corrected chi connectivity index (χ1v) is 10.00. The zero-order valence-corrected chi connectivity index (χ0v) is 16.2. The van der Waals surface area contributed by atoms with E-state index >= 15 is 0 Å². The zero-order valence-electron chi connectivity index (χ0n) is 16.2. The third-order valence-corrected chi connectivity index (χ3v) is 4.93. The van der Waals surface area contributed by atoms with Crippen molar-refractivity contribution in [1.29, 1.82) is 0 Å². The summed E-state index contributed by atoms with van der Waals surface area (Å²) >= 11 is 0. The van der Waals surface area contributed by atoms with Crippen LogP contribution in [-0.4, -0.2) is 76.1 Å². The topological polar surface area (TPSA) is 49.3 Å². The minimum Gasteiger partial charge on any atom is -0.377 e. The number of nitrogens with zero attached hydrogens (tertiary/aromatic N) is 3. The molecule has 1 atom stereocenters. The van der Waals surface area contributed by atoms with Crippen molar-refractivity contribution in [3.63, 3.8) is 0 Å². The van der Waals surface area contributed by atoms with Crippen LogP contribution in [-0.2, 0) is 9.47 Å². The van der Waals surface area contributed by atoms with Crippen molar-refractivity contribution >= 4 is 11.6 Å². The highest BCUT2D eigenvalue weighted by molar-refractivity contribution is 5.80. The normalized spacial score (nSPS) is 21.0. The largest absolute Gasteiger partial charge is 0.377 e. The molecule has 1 aromatic rings. The Kier molecular flexibility index (Phi) is 7.71. The van der Waals surface area contributed by atoms with Gasteiger partial charge < -0.3 is 24.6 Å². The molecule has 1 unspecified atom stereocenters. The summed E-state index contributed by atoms with van der Waals surface area (Å²) in [6, 6.07) is 6.97. The monoisotopic (exact) mass is 378 g/mol. The number of piperazine rings is 1. The highest BCUT2D eigenvalue weighted by Gasteiger charge is 2.21. The van der Waals surface area contributed by atoms with Crippen molar-refractivity contribution in [2.24, 2.45) is 4.99 Å². The van der Waals surface area contributed by atoms with Gasteiger partial charge >= 0.3 is 0 Å². The predicted molar refractivity (Wildman–Crippen MR) is 106 cm³/mol. The van der Waals surface area contributed by atoms with Crippen LogP contribution in [0.1, 0.15) is 19.8 Å². The van der Waals surface area contributed by atoms with Gasteiger partial charge in [0.1, 0.15) is 5.82 Å². The fourth-order valence-corrected chi connectivity index (χ4v) is 3.50. The highest BCUT2D eigenvalue weighted by Crippen LogP contribution is 2.20.